The lowest BCUT2D eigenvalue weighted by Crippen LogP contribution is -2.34. The van der Waals surface area contributed by atoms with Gasteiger partial charge in [0.2, 0.25) is 0 Å². The van der Waals surface area contributed by atoms with Gasteiger partial charge in [-0.1, -0.05) is 0 Å². The minimum Gasteiger partial charge on any atom is -0.494 e. The summed E-state index contributed by atoms with van der Waals surface area (Å²) >= 11 is 0. The summed E-state index contributed by atoms with van der Waals surface area (Å²) in [6.07, 6.45) is 0. The molecule has 0 spiro atoms. The molecule has 2 amide bonds. The van der Waals surface area contributed by atoms with Crippen LogP contribution in [0.4, 0.5) is 16.2 Å². The van der Waals surface area contributed by atoms with Gasteiger partial charge < -0.3 is 25.8 Å². The van der Waals surface area contributed by atoms with Crippen LogP contribution in [0.3, 0.4) is 0 Å². The van der Waals surface area contributed by atoms with E-state index in [9.17, 15) is 4.79 Å². The molecule has 0 saturated heterocycles. The van der Waals surface area contributed by atoms with Crippen LogP contribution < -0.4 is 25.8 Å². The quantitative estimate of drug-likeness (QED) is 0.736. The molecule has 2 aromatic rings. The van der Waals surface area contributed by atoms with Crippen LogP contribution in [-0.4, -0.2) is 19.2 Å². The Bertz CT molecular complexity index is 669. The van der Waals surface area contributed by atoms with Gasteiger partial charge in [0.15, 0.2) is 0 Å². The number of nitrogens with one attached hydrogen (secondary N) is 2. The van der Waals surface area contributed by atoms with Crippen molar-refractivity contribution in [1.82, 2.24) is 5.32 Å². The number of hydrogen-bond acceptors (Lipinski definition) is 4. The molecular weight excluding hydrogens is 294 g/mol. The molecule has 0 radical (unpaired) electrons. The molecule has 23 heavy (non-hydrogen) atoms. The van der Waals surface area contributed by atoms with E-state index in [4.69, 9.17) is 15.2 Å². The topological polar surface area (TPSA) is 85.6 Å². The predicted molar refractivity (Wildman–Crippen MR) is 91.2 cm³/mol. The SMILES string of the molecule is COc1cc(Oc2ccc(NC(=O)NC(C)C)cc2)ccc1N. The van der Waals surface area contributed by atoms with Crippen molar-refractivity contribution < 1.29 is 14.3 Å². The number of nitrogen functional groups attached to an aromatic ring is 1. The van der Waals surface area contributed by atoms with E-state index in [-0.39, 0.29) is 12.1 Å². The van der Waals surface area contributed by atoms with Crippen molar-refractivity contribution in [1.29, 1.82) is 0 Å². The van der Waals surface area contributed by atoms with Crippen molar-refractivity contribution in [2.75, 3.05) is 18.2 Å². The number of ether oxygens (including phenoxy) is 2. The van der Waals surface area contributed by atoms with Crippen molar-refractivity contribution in [3.63, 3.8) is 0 Å². The molecular formula is C17H21N3O3. The average Bonchev–Trinajstić information content (AvgIpc) is 2.50. The molecule has 6 heteroatoms. The molecule has 0 fully saturated rings. The van der Waals surface area contributed by atoms with Crippen LogP contribution in [0.1, 0.15) is 13.8 Å². The van der Waals surface area contributed by atoms with E-state index in [1.807, 2.05) is 13.8 Å². The fourth-order valence-corrected chi connectivity index (χ4v) is 1.93. The Morgan fingerprint density at radius 1 is 1.09 bits per heavy atom. The van der Waals surface area contributed by atoms with Gasteiger partial charge >= 0.3 is 6.03 Å². The number of carbonyl (C=O) groups excluding carboxylic acids is 1. The second kappa shape index (κ2) is 7.40. The van der Waals surface area contributed by atoms with Gasteiger partial charge in [0.25, 0.3) is 0 Å². The van der Waals surface area contributed by atoms with Gasteiger partial charge in [-0.2, -0.15) is 0 Å². The largest absolute Gasteiger partial charge is 0.494 e. The van der Waals surface area contributed by atoms with Crippen molar-refractivity contribution in [2.45, 2.75) is 19.9 Å². The lowest BCUT2D eigenvalue weighted by molar-refractivity contribution is 0.250. The number of methoxy groups -OCH3 is 1. The van der Waals surface area contributed by atoms with E-state index in [0.717, 1.165) is 0 Å². The number of nitrogens with two attached hydrogens (primary N) is 1. The molecule has 0 aliphatic carbocycles. The number of urea groups is 1. The molecule has 2 aromatic carbocycles. The fourth-order valence-electron chi connectivity index (χ4n) is 1.93. The number of benzene rings is 2. The highest BCUT2D eigenvalue weighted by atomic mass is 16.5. The standard InChI is InChI=1S/C17H21N3O3/c1-11(2)19-17(21)20-12-4-6-13(7-5-12)23-14-8-9-15(18)16(10-14)22-3/h4-11H,18H2,1-3H3,(H2,19,20,21). The third-order valence-electron chi connectivity index (χ3n) is 2.97. The van der Waals surface area contributed by atoms with Crippen LogP contribution in [0.5, 0.6) is 17.2 Å². The smallest absolute Gasteiger partial charge is 0.319 e. The molecule has 0 aliphatic rings. The molecule has 0 unspecified atom stereocenters. The van der Waals surface area contributed by atoms with Crippen LogP contribution in [-0.2, 0) is 0 Å². The summed E-state index contributed by atoms with van der Waals surface area (Å²) in [4.78, 5) is 11.6. The molecule has 0 aliphatic heterocycles. The third kappa shape index (κ3) is 4.81. The average molecular weight is 315 g/mol. The Hall–Kier alpha value is -2.89. The second-order valence-electron chi connectivity index (χ2n) is 5.28. The molecule has 0 bridgehead atoms. The zero-order valence-corrected chi connectivity index (χ0v) is 13.4. The first kappa shape index (κ1) is 16.5. The fraction of sp³-hybridized carbons (Fsp3) is 0.235. The molecule has 4 N–H and O–H groups in total. The van der Waals surface area contributed by atoms with E-state index in [1.165, 1.54) is 0 Å². The van der Waals surface area contributed by atoms with Gasteiger partial charge in [0, 0.05) is 17.8 Å². The molecule has 0 aromatic heterocycles. The van der Waals surface area contributed by atoms with Crippen molar-refractivity contribution in [3.8, 4) is 17.2 Å². The molecule has 2 rings (SSSR count). The summed E-state index contributed by atoms with van der Waals surface area (Å²) in [5.74, 6) is 1.83. The van der Waals surface area contributed by atoms with E-state index in [1.54, 1.807) is 49.6 Å². The first-order valence-corrected chi connectivity index (χ1v) is 7.27. The number of anilines is 2. The van der Waals surface area contributed by atoms with E-state index in [2.05, 4.69) is 10.6 Å². The molecule has 6 nitrogen and oxygen atoms in total. The highest BCUT2D eigenvalue weighted by Gasteiger charge is 2.05. The maximum atomic E-state index is 11.6. The highest BCUT2D eigenvalue weighted by Crippen LogP contribution is 2.30. The maximum Gasteiger partial charge on any atom is 0.319 e. The second-order valence-corrected chi connectivity index (χ2v) is 5.28. The zero-order chi connectivity index (χ0) is 16.8. The first-order chi connectivity index (χ1) is 11.0. The minimum atomic E-state index is -0.239. The van der Waals surface area contributed by atoms with Crippen LogP contribution in [0.25, 0.3) is 0 Å². The van der Waals surface area contributed by atoms with Gasteiger partial charge in [0.05, 0.1) is 12.8 Å². The number of hydrogen-bond donors (Lipinski definition) is 3. The normalized spacial score (nSPS) is 10.3. The summed E-state index contributed by atoms with van der Waals surface area (Å²) in [5.41, 5.74) is 7.00. The number of carbonyl (C=O) groups is 1. The Kier molecular flexibility index (Phi) is 5.30. The molecule has 0 atom stereocenters. The zero-order valence-electron chi connectivity index (χ0n) is 13.4. The van der Waals surface area contributed by atoms with Crippen LogP contribution >= 0.6 is 0 Å². The molecule has 122 valence electrons. The van der Waals surface area contributed by atoms with Crippen molar-refractivity contribution in [2.24, 2.45) is 0 Å². The van der Waals surface area contributed by atoms with Gasteiger partial charge in [0.1, 0.15) is 17.2 Å². The van der Waals surface area contributed by atoms with Crippen molar-refractivity contribution >= 4 is 17.4 Å². The molecule has 0 heterocycles. The van der Waals surface area contributed by atoms with Crippen molar-refractivity contribution in [3.05, 3.63) is 42.5 Å². The summed E-state index contributed by atoms with van der Waals surface area (Å²) in [6, 6.07) is 12.1. The monoisotopic (exact) mass is 315 g/mol. The van der Waals surface area contributed by atoms with Gasteiger partial charge in [-0.25, -0.2) is 4.79 Å². The number of rotatable bonds is 5. The van der Waals surface area contributed by atoms with E-state index < -0.39 is 0 Å². The van der Waals surface area contributed by atoms with Crippen LogP contribution in [0.15, 0.2) is 42.5 Å². The van der Waals surface area contributed by atoms with Gasteiger partial charge in [-0.15, -0.1) is 0 Å². The maximum absolute atomic E-state index is 11.6. The summed E-state index contributed by atoms with van der Waals surface area (Å²) < 4.78 is 10.9. The first-order valence-electron chi connectivity index (χ1n) is 7.27. The Morgan fingerprint density at radius 2 is 1.74 bits per heavy atom. The molecule has 0 saturated carbocycles. The van der Waals surface area contributed by atoms with E-state index >= 15 is 0 Å². The van der Waals surface area contributed by atoms with Crippen LogP contribution in [0, 0.1) is 0 Å². The Balaban J connectivity index is 2.01. The lowest BCUT2D eigenvalue weighted by atomic mass is 10.2. The van der Waals surface area contributed by atoms with E-state index in [0.29, 0.717) is 28.6 Å². The number of amides is 2. The van der Waals surface area contributed by atoms with Gasteiger partial charge in [-0.3, -0.25) is 0 Å². The highest BCUT2D eigenvalue weighted by molar-refractivity contribution is 5.89. The summed E-state index contributed by atoms with van der Waals surface area (Å²) in [6.45, 7) is 3.80. The Labute approximate surface area is 135 Å². The predicted octanol–water partition coefficient (Wildman–Crippen LogP) is 3.60. The summed E-state index contributed by atoms with van der Waals surface area (Å²) in [7, 11) is 1.55. The third-order valence-corrected chi connectivity index (χ3v) is 2.97. The Morgan fingerprint density at radius 3 is 2.35 bits per heavy atom. The lowest BCUT2D eigenvalue weighted by Gasteiger charge is -2.11. The summed E-state index contributed by atoms with van der Waals surface area (Å²) in [5, 5.41) is 5.50. The van der Waals surface area contributed by atoms with Crippen LogP contribution in [0.2, 0.25) is 0 Å². The minimum absolute atomic E-state index is 0.0816. The van der Waals surface area contributed by atoms with Gasteiger partial charge in [-0.05, 0) is 50.2 Å².